The number of fused-ring (bicyclic) bond motifs is 3. The van der Waals surface area contributed by atoms with Gasteiger partial charge in [-0.1, -0.05) is 29.8 Å². The van der Waals surface area contributed by atoms with Gasteiger partial charge in [0, 0.05) is 28.9 Å². The Morgan fingerprint density at radius 1 is 1.11 bits per heavy atom. The fraction of sp³-hybridized carbons (Fsp3) is 0.391. The topological polar surface area (TPSA) is 33.2 Å². The second-order valence-corrected chi connectivity index (χ2v) is 8.41. The number of carbonyl (C=O) groups excluding carboxylic acids is 1. The minimum absolute atomic E-state index is 0.0976. The molecule has 0 saturated carbocycles. The lowest BCUT2D eigenvalue weighted by atomic mass is 9.92. The maximum absolute atomic E-state index is 13.4. The minimum Gasteiger partial charge on any atom is -0.339 e. The quantitative estimate of drug-likeness (QED) is 0.596. The molecule has 0 saturated heterocycles. The summed E-state index contributed by atoms with van der Waals surface area (Å²) in [7, 11) is 0. The summed E-state index contributed by atoms with van der Waals surface area (Å²) in [6.07, 6.45) is 3.44. The predicted molar refractivity (Wildman–Crippen MR) is 114 cm³/mol. The Balaban J connectivity index is 2.07. The van der Waals surface area contributed by atoms with E-state index in [0.717, 1.165) is 40.1 Å². The largest absolute Gasteiger partial charge is 0.339 e. The normalized spacial score (nSPS) is 13.2. The summed E-state index contributed by atoms with van der Waals surface area (Å²) >= 11 is 1.82. The second-order valence-electron chi connectivity index (χ2n) is 7.33. The molecule has 27 heavy (non-hydrogen) atoms. The SMILES string of the molecule is CCN(CC)C(=O)c1c(C)nc2sc3c(c2c1-c1ccc(C)cc1)CCC3. The molecular formula is C23H26N2OS. The highest BCUT2D eigenvalue weighted by Gasteiger charge is 2.28. The van der Waals surface area contributed by atoms with Crippen molar-refractivity contribution in [2.75, 3.05) is 13.1 Å². The molecule has 2 aromatic heterocycles. The highest BCUT2D eigenvalue weighted by Crippen LogP contribution is 2.44. The molecule has 0 radical (unpaired) electrons. The van der Waals surface area contributed by atoms with Gasteiger partial charge in [0.05, 0.1) is 11.3 Å². The third-order valence-corrected chi connectivity index (χ3v) is 6.82. The van der Waals surface area contributed by atoms with Crippen molar-refractivity contribution in [1.82, 2.24) is 9.88 Å². The van der Waals surface area contributed by atoms with Crippen LogP contribution in [0.5, 0.6) is 0 Å². The summed E-state index contributed by atoms with van der Waals surface area (Å²) in [6, 6.07) is 8.58. The maximum atomic E-state index is 13.4. The first-order chi connectivity index (χ1) is 13.0. The standard InChI is InChI=1S/C23H26N2OS/c1-5-25(6-2)23(26)19-15(4)24-22-21(17-8-7-9-18(17)27-22)20(19)16-12-10-14(3)11-13-16/h10-13H,5-9H2,1-4H3. The van der Waals surface area contributed by atoms with Crippen LogP contribution in [0.1, 0.15) is 52.3 Å². The van der Waals surface area contributed by atoms with E-state index in [9.17, 15) is 4.79 Å². The van der Waals surface area contributed by atoms with Crippen LogP contribution in [0, 0.1) is 13.8 Å². The van der Waals surface area contributed by atoms with Crippen LogP contribution >= 0.6 is 11.3 Å². The monoisotopic (exact) mass is 378 g/mol. The van der Waals surface area contributed by atoms with Crippen LogP contribution in [-0.2, 0) is 12.8 Å². The van der Waals surface area contributed by atoms with E-state index in [-0.39, 0.29) is 5.91 Å². The van der Waals surface area contributed by atoms with Crippen molar-refractivity contribution in [3.8, 4) is 11.1 Å². The number of aromatic nitrogens is 1. The highest BCUT2D eigenvalue weighted by molar-refractivity contribution is 7.19. The lowest BCUT2D eigenvalue weighted by molar-refractivity contribution is 0.0773. The van der Waals surface area contributed by atoms with E-state index in [1.807, 2.05) is 37.0 Å². The summed E-state index contributed by atoms with van der Waals surface area (Å²) in [4.78, 5) is 22.8. The zero-order valence-corrected chi connectivity index (χ0v) is 17.4. The molecule has 0 spiro atoms. The number of hydrogen-bond acceptors (Lipinski definition) is 3. The van der Waals surface area contributed by atoms with Gasteiger partial charge in [-0.25, -0.2) is 4.98 Å². The molecule has 1 amide bonds. The van der Waals surface area contributed by atoms with Crippen molar-refractivity contribution >= 4 is 27.5 Å². The Morgan fingerprint density at radius 2 is 1.81 bits per heavy atom. The number of carbonyl (C=O) groups is 1. The zero-order valence-electron chi connectivity index (χ0n) is 16.6. The molecule has 0 bridgehead atoms. The Kier molecular flexibility index (Phi) is 4.77. The molecule has 0 fully saturated rings. The third-order valence-electron chi connectivity index (χ3n) is 5.64. The molecule has 3 nitrogen and oxygen atoms in total. The van der Waals surface area contributed by atoms with Gasteiger partial charge in [0.1, 0.15) is 4.83 Å². The average molecular weight is 379 g/mol. The number of nitrogens with zero attached hydrogens (tertiary/aromatic N) is 2. The van der Waals surface area contributed by atoms with Crippen LogP contribution < -0.4 is 0 Å². The summed E-state index contributed by atoms with van der Waals surface area (Å²) in [5.74, 6) is 0.0976. The Morgan fingerprint density at radius 3 is 2.48 bits per heavy atom. The molecule has 0 aliphatic heterocycles. The Hall–Kier alpha value is -2.20. The van der Waals surface area contributed by atoms with E-state index in [2.05, 4.69) is 31.2 Å². The maximum Gasteiger partial charge on any atom is 0.256 e. The van der Waals surface area contributed by atoms with Crippen molar-refractivity contribution in [3.63, 3.8) is 0 Å². The van der Waals surface area contributed by atoms with Crippen LogP contribution in [-0.4, -0.2) is 28.9 Å². The van der Waals surface area contributed by atoms with E-state index in [0.29, 0.717) is 13.1 Å². The molecule has 0 atom stereocenters. The number of thiophene rings is 1. The van der Waals surface area contributed by atoms with Gasteiger partial charge in [-0.15, -0.1) is 11.3 Å². The fourth-order valence-electron chi connectivity index (χ4n) is 4.18. The average Bonchev–Trinajstić information content (AvgIpc) is 3.23. The van der Waals surface area contributed by atoms with Crippen LogP contribution in [0.4, 0.5) is 0 Å². The second kappa shape index (κ2) is 7.08. The van der Waals surface area contributed by atoms with E-state index in [1.54, 1.807) is 0 Å². The molecule has 4 heteroatoms. The van der Waals surface area contributed by atoms with Crippen molar-refractivity contribution in [2.24, 2.45) is 0 Å². The summed E-state index contributed by atoms with van der Waals surface area (Å²) in [6.45, 7) is 9.58. The Bertz CT molecular complexity index is 1010. The van der Waals surface area contributed by atoms with Crippen LogP contribution in [0.15, 0.2) is 24.3 Å². The van der Waals surface area contributed by atoms with Crippen LogP contribution in [0.3, 0.4) is 0 Å². The van der Waals surface area contributed by atoms with Gasteiger partial charge >= 0.3 is 0 Å². The number of pyridine rings is 1. The van der Waals surface area contributed by atoms with Gasteiger partial charge < -0.3 is 4.90 Å². The minimum atomic E-state index is 0.0976. The number of amides is 1. The zero-order chi connectivity index (χ0) is 19.1. The van der Waals surface area contributed by atoms with Gasteiger partial charge in [-0.3, -0.25) is 4.79 Å². The molecule has 0 N–H and O–H groups in total. The van der Waals surface area contributed by atoms with E-state index in [4.69, 9.17) is 4.98 Å². The van der Waals surface area contributed by atoms with Crippen molar-refractivity contribution in [1.29, 1.82) is 0 Å². The number of hydrogen-bond donors (Lipinski definition) is 0. The summed E-state index contributed by atoms with van der Waals surface area (Å²) < 4.78 is 0. The van der Waals surface area contributed by atoms with Gasteiger partial charge in [-0.2, -0.15) is 0 Å². The Labute approximate surface area is 165 Å². The lowest BCUT2D eigenvalue weighted by Crippen LogP contribution is -2.31. The fourth-order valence-corrected chi connectivity index (χ4v) is 5.50. The first-order valence-electron chi connectivity index (χ1n) is 9.86. The first-order valence-corrected chi connectivity index (χ1v) is 10.7. The molecule has 0 unspecified atom stereocenters. The van der Waals surface area contributed by atoms with E-state index >= 15 is 0 Å². The third kappa shape index (κ3) is 2.96. The lowest BCUT2D eigenvalue weighted by Gasteiger charge is -2.22. The molecule has 1 aliphatic carbocycles. The molecule has 4 rings (SSSR count). The molecule has 2 heterocycles. The highest BCUT2D eigenvalue weighted by atomic mass is 32.1. The summed E-state index contributed by atoms with van der Waals surface area (Å²) in [5, 5.41) is 1.22. The molecule has 1 aliphatic rings. The molecule has 1 aromatic carbocycles. The van der Waals surface area contributed by atoms with Crippen molar-refractivity contribution in [3.05, 3.63) is 51.5 Å². The van der Waals surface area contributed by atoms with E-state index < -0.39 is 0 Å². The smallest absolute Gasteiger partial charge is 0.256 e. The molecular weight excluding hydrogens is 352 g/mol. The van der Waals surface area contributed by atoms with Crippen molar-refractivity contribution < 1.29 is 4.79 Å². The van der Waals surface area contributed by atoms with Crippen LogP contribution in [0.2, 0.25) is 0 Å². The first kappa shape index (κ1) is 18.2. The van der Waals surface area contributed by atoms with Gasteiger partial charge in [0.2, 0.25) is 0 Å². The van der Waals surface area contributed by atoms with Gasteiger partial charge in [0.25, 0.3) is 5.91 Å². The number of rotatable bonds is 4. The van der Waals surface area contributed by atoms with Gasteiger partial charge in [-0.05, 0) is 58.1 Å². The van der Waals surface area contributed by atoms with E-state index in [1.165, 1.54) is 27.8 Å². The van der Waals surface area contributed by atoms with Crippen molar-refractivity contribution in [2.45, 2.75) is 47.0 Å². The number of benzene rings is 1. The molecule has 140 valence electrons. The van der Waals surface area contributed by atoms with Crippen LogP contribution in [0.25, 0.3) is 21.3 Å². The van der Waals surface area contributed by atoms with Gasteiger partial charge in [0.15, 0.2) is 0 Å². The predicted octanol–water partition coefficient (Wildman–Crippen LogP) is 5.55. The summed E-state index contributed by atoms with van der Waals surface area (Å²) in [5.41, 5.74) is 6.49. The number of aryl methyl sites for hydroxylation is 4. The molecule has 3 aromatic rings.